The second-order valence-electron chi connectivity index (χ2n) is 14.2. The maximum atomic E-state index is 15.2. The average molecular weight is 772 g/mol. The third-order valence-electron chi connectivity index (χ3n) is 10.8. The fourth-order valence-electron chi connectivity index (χ4n) is 8.26. The summed E-state index contributed by atoms with van der Waals surface area (Å²) in [5.41, 5.74) is 2.33. The van der Waals surface area contributed by atoms with Crippen molar-refractivity contribution in [1.29, 1.82) is 0 Å². The highest BCUT2D eigenvalue weighted by atomic mass is 35.5. The fraction of sp³-hybridized carbons (Fsp3) is 0.575. The molecule has 1 amide bonds. The molecule has 0 bridgehead atoms. The second kappa shape index (κ2) is 17.6. The maximum absolute atomic E-state index is 15.2. The number of nitrogens with zero attached hydrogens (tertiary/aromatic N) is 3. The van der Waals surface area contributed by atoms with Gasteiger partial charge < -0.3 is 28.8 Å². The van der Waals surface area contributed by atoms with Crippen LogP contribution in [-0.2, 0) is 42.0 Å². The number of hydrogen-bond donors (Lipinski definition) is 1. The summed E-state index contributed by atoms with van der Waals surface area (Å²) in [6.45, 7) is 9.40. The van der Waals surface area contributed by atoms with Crippen LogP contribution in [0.3, 0.4) is 0 Å². The van der Waals surface area contributed by atoms with Crippen LogP contribution in [0, 0.1) is 5.92 Å². The Morgan fingerprint density at radius 3 is 2.17 bits per heavy atom. The van der Waals surface area contributed by atoms with Crippen molar-refractivity contribution in [1.82, 2.24) is 14.4 Å². The molecule has 3 aromatic rings. The highest BCUT2D eigenvalue weighted by molar-refractivity contribution is 6.36. The van der Waals surface area contributed by atoms with Crippen LogP contribution in [0.1, 0.15) is 75.2 Å². The van der Waals surface area contributed by atoms with Crippen molar-refractivity contribution in [2.75, 3.05) is 51.3 Å². The highest BCUT2D eigenvalue weighted by Crippen LogP contribution is 2.40. The molecule has 1 aromatic heterocycles. The number of halogens is 2. The molecular formula is C40H52Cl2N4O7. The summed E-state index contributed by atoms with van der Waals surface area (Å²) in [7, 11) is 1.89. The van der Waals surface area contributed by atoms with Gasteiger partial charge in [0.1, 0.15) is 0 Å². The highest BCUT2D eigenvalue weighted by Gasteiger charge is 2.56. The van der Waals surface area contributed by atoms with Gasteiger partial charge in [-0.2, -0.15) is 0 Å². The van der Waals surface area contributed by atoms with Gasteiger partial charge in [-0.05, 0) is 83.1 Å². The standard InChI is InChI=1S/C40H52Cl2N4O7/c1-5-50-35-24-46(25-36(35)51-6-2)40(45-18-10-11-19-45,53-28-16-14-26(15-17-28)39(49)52-7-3)37(47)21-27-20-32(42)33(22-31(27)41)43-38(48)30-23-44(4)34-13-9-8-12-29(30)34/h8-9,12-13,20,22-23,26,28,35-36H,5-7,10-11,14-19,21,24-25H2,1-4H3,(H,43,48)/t26?,28?,35-,36+,40?. The lowest BCUT2D eigenvalue weighted by Crippen LogP contribution is -2.67. The number of nitrogens with one attached hydrogen (secondary N) is 1. The zero-order chi connectivity index (χ0) is 37.7. The number of para-hydroxylation sites is 1. The number of Topliss-reactive ketones (excluding diaryl/α,β-unsaturated/α-hetero) is 1. The molecule has 0 radical (unpaired) electrons. The van der Waals surface area contributed by atoms with Crippen LogP contribution in [0.25, 0.3) is 10.9 Å². The Bertz CT molecular complexity index is 1760. The molecule has 0 spiro atoms. The molecule has 2 aromatic carbocycles. The fourth-order valence-corrected chi connectivity index (χ4v) is 8.72. The Morgan fingerprint density at radius 2 is 1.53 bits per heavy atom. The zero-order valence-electron chi connectivity index (χ0n) is 31.2. The lowest BCUT2D eigenvalue weighted by molar-refractivity contribution is -0.254. The van der Waals surface area contributed by atoms with E-state index in [2.05, 4.69) is 15.1 Å². The SMILES string of the molecule is CCOC(=O)C1CCC(OC(C(=O)Cc2cc(Cl)c(NC(=O)c3cn(C)c4ccccc34)cc2Cl)(N2CCCC2)N2C[C@H](OCC)[C@H](OCC)C2)CC1. The van der Waals surface area contributed by atoms with Crippen LogP contribution in [0.4, 0.5) is 5.69 Å². The average Bonchev–Trinajstić information content (AvgIpc) is 3.91. The number of benzene rings is 2. The molecule has 6 rings (SSSR count). The number of aryl methyl sites for hydroxylation is 1. The normalized spacial score (nSPS) is 23.7. The lowest BCUT2D eigenvalue weighted by atomic mass is 9.87. The van der Waals surface area contributed by atoms with E-state index in [1.165, 1.54) is 0 Å². The molecule has 1 N–H and O–H groups in total. The van der Waals surface area contributed by atoms with Crippen molar-refractivity contribution in [2.45, 2.75) is 89.9 Å². The van der Waals surface area contributed by atoms with Gasteiger partial charge in [-0.25, -0.2) is 0 Å². The minimum atomic E-state index is -1.42. The Hall–Kier alpha value is -3.03. The first-order valence-electron chi connectivity index (χ1n) is 19.0. The van der Waals surface area contributed by atoms with Crippen molar-refractivity contribution < 1.29 is 33.3 Å². The van der Waals surface area contributed by atoms with Crippen molar-refractivity contribution in [3.05, 3.63) is 63.8 Å². The number of ketones is 1. The van der Waals surface area contributed by atoms with Gasteiger partial charge in [0.05, 0.1) is 47.1 Å². The van der Waals surface area contributed by atoms with E-state index in [4.69, 9.17) is 42.1 Å². The first-order chi connectivity index (χ1) is 25.6. The molecule has 2 aliphatic heterocycles. The number of aromatic nitrogens is 1. The van der Waals surface area contributed by atoms with Crippen molar-refractivity contribution in [3.8, 4) is 0 Å². The van der Waals surface area contributed by atoms with E-state index in [1.807, 2.05) is 56.7 Å². The van der Waals surface area contributed by atoms with Gasteiger partial charge in [-0.3, -0.25) is 24.2 Å². The van der Waals surface area contributed by atoms with Crippen molar-refractivity contribution in [2.24, 2.45) is 13.0 Å². The number of likely N-dealkylation sites (tertiary alicyclic amines) is 2. The van der Waals surface area contributed by atoms with E-state index in [1.54, 1.807) is 18.3 Å². The number of esters is 1. The monoisotopic (exact) mass is 770 g/mol. The molecular weight excluding hydrogens is 719 g/mol. The first-order valence-corrected chi connectivity index (χ1v) is 19.8. The number of carbonyl (C=O) groups excluding carboxylic acids is 3. The van der Waals surface area contributed by atoms with Gasteiger partial charge >= 0.3 is 5.97 Å². The molecule has 2 saturated heterocycles. The molecule has 288 valence electrons. The van der Waals surface area contributed by atoms with Gasteiger partial charge in [-0.1, -0.05) is 41.4 Å². The molecule has 1 saturated carbocycles. The predicted octanol–water partition coefficient (Wildman–Crippen LogP) is 6.86. The second-order valence-corrected chi connectivity index (χ2v) is 15.0. The van der Waals surface area contributed by atoms with E-state index in [9.17, 15) is 9.59 Å². The van der Waals surface area contributed by atoms with Crippen LogP contribution in [0.5, 0.6) is 0 Å². The van der Waals surface area contributed by atoms with Gasteiger partial charge in [0, 0.05) is 75.0 Å². The Balaban J connectivity index is 1.29. The number of carbonyl (C=O) groups is 3. The third-order valence-corrected chi connectivity index (χ3v) is 11.5. The summed E-state index contributed by atoms with van der Waals surface area (Å²) < 4.78 is 26.7. The largest absolute Gasteiger partial charge is 0.466 e. The van der Waals surface area contributed by atoms with Crippen LogP contribution >= 0.6 is 23.2 Å². The number of fused-ring (bicyclic) bond motifs is 1. The quantitative estimate of drug-likeness (QED) is 0.166. The molecule has 1 aliphatic carbocycles. The number of rotatable bonds is 15. The summed E-state index contributed by atoms with van der Waals surface area (Å²) in [6, 6.07) is 11.0. The molecule has 11 nitrogen and oxygen atoms in total. The molecule has 53 heavy (non-hydrogen) atoms. The third kappa shape index (κ3) is 8.47. The van der Waals surface area contributed by atoms with E-state index in [0.29, 0.717) is 93.5 Å². The van der Waals surface area contributed by atoms with Crippen LogP contribution in [0.15, 0.2) is 42.6 Å². The Morgan fingerprint density at radius 1 is 0.868 bits per heavy atom. The molecule has 13 heteroatoms. The van der Waals surface area contributed by atoms with Gasteiger partial charge in [0.2, 0.25) is 5.85 Å². The lowest BCUT2D eigenvalue weighted by Gasteiger charge is -2.48. The number of amides is 1. The van der Waals surface area contributed by atoms with E-state index >= 15 is 4.79 Å². The maximum Gasteiger partial charge on any atom is 0.308 e. The summed E-state index contributed by atoms with van der Waals surface area (Å²) in [4.78, 5) is 45.5. The van der Waals surface area contributed by atoms with Crippen LogP contribution in [-0.4, -0.2) is 102 Å². The summed E-state index contributed by atoms with van der Waals surface area (Å²) >= 11 is 13.7. The topological polar surface area (TPSA) is 112 Å². The van der Waals surface area contributed by atoms with E-state index < -0.39 is 5.85 Å². The molecule has 3 atom stereocenters. The number of anilines is 1. The number of ether oxygens (including phenoxy) is 4. The zero-order valence-corrected chi connectivity index (χ0v) is 32.7. The van der Waals surface area contributed by atoms with Crippen LogP contribution in [0.2, 0.25) is 10.0 Å². The Kier molecular flexibility index (Phi) is 13.2. The molecule has 3 aliphatic rings. The van der Waals surface area contributed by atoms with Crippen molar-refractivity contribution in [3.63, 3.8) is 0 Å². The molecule has 1 unspecified atom stereocenters. The minimum absolute atomic E-state index is 0.0557. The van der Waals surface area contributed by atoms with E-state index in [-0.39, 0.29) is 53.3 Å². The van der Waals surface area contributed by atoms with Gasteiger partial charge in [0.15, 0.2) is 5.78 Å². The predicted molar refractivity (Wildman–Crippen MR) is 205 cm³/mol. The number of hydrogen-bond acceptors (Lipinski definition) is 9. The molecule has 3 fully saturated rings. The summed E-state index contributed by atoms with van der Waals surface area (Å²) in [5, 5.41) is 4.32. The first kappa shape index (κ1) is 39.7. The molecule has 3 heterocycles. The summed E-state index contributed by atoms with van der Waals surface area (Å²) in [6.07, 6.45) is 5.38. The van der Waals surface area contributed by atoms with Crippen molar-refractivity contribution >= 4 is 57.5 Å². The van der Waals surface area contributed by atoms with Crippen LogP contribution < -0.4 is 5.32 Å². The van der Waals surface area contributed by atoms with E-state index in [0.717, 1.165) is 23.7 Å². The Labute approximate surface area is 322 Å². The van der Waals surface area contributed by atoms with Gasteiger partial charge in [0.25, 0.3) is 5.91 Å². The van der Waals surface area contributed by atoms with Gasteiger partial charge in [-0.15, -0.1) is 0 Å². The minimum Gasteiger partial charge on any atom is -0.466 e. The summed E-state index contributed by atoms with van der Waals surface area (Å²) in [5.74, 6) is -2.25. The smallest absolute Gasteiger partial charge is 0.308 e.